The molecule has 3 heteroatoms. The van der Waals surface area contributed by atoms with Crippen molar-refractivity contribution in [3.05, 3.63) is 29.3 Å². The molecule has 0 unspecified atom stereocenters. The summed E-state index contributed by atoms with van der Waals surface area (Å²) in [4.78, 5) is 2.53. The number of ether oxygens (including phenoxy) is 2. The van der Waals surface area contributed by atoms with Crippen molar-refractivity contribution in [2.75, 3.05) is 32.8 Å². The Bertz CT molecular complexity index is 512. The van der Waals surface area contributed by atoms with Gasteiger partial charge < -0.3 is 14.4 Å². The minimum Gasteiger partial charge on any atom is -0.493 e. The van der Waals surface area contributed by atoms with E-state index < -0.39 is 0 Å². The van der Waals surface area contributed by atoms with Crippen LogP contribution < -0.4 is 4.74 Å². The fourth-order valence-electron chi connectivity index (χ4n) is 3.15. The van der Waals surface area contributed by atoms with Crippen LogP contribution in [0, 0.1) is 12.3 Å². The van der Waals surface area contributed by atoms with Gasteiger partial charge in [-0.3, -0.25) is 0 Å². The molecule has 0 radical (unpaired) electrons. The molecule has 0 saturated carbocycles. The highest BCUT2D eigenvalue weighted by Gasteiger charge is 2.19. The monoisotopic (exact) mass is 285 g/mol. The summed E-state index contributed by atoms with van der Waals surface area (Å²) < 4.78 is 11.2. The molecular formula is C18H23NO2. The third-order valence-electron chi connectivity index (χ3n) is 4.41. The second kappa shape index (κ2) is 6.98. The Morgan fingerprint density at radius 2 is 2.19 bits per heavy atom. The number of hydrogen-bond acceptors (Lipinski definition) is 3. The van der Waals surface area contributed by atoms with Crippen LogP contribution in [0.15, 0.2) is 18.2 Å². The van der Waals surface area contributed by atoms with Crippen LogP contribution in [0.25, 0.3) is 0 Å². The van der Waals surface area contributed by atoms with Crippen LogP contribution >= 0.6 is 0 Å². The minimum atomic E-state index is 0.356. The fourth-order valence-corrected chi connectivity index (χ4v) is 3.15. The quantitative estimate of drug-likeness (QED) is 0.775. The lowest BCUT2D eigenvalue weighted by Gasteiger charge is -2.31. The lowest BCUT2D eigenvalue weighted by Crippen LogP contribution is -2.38. The summed E-state index contributed by atoms with van der Waals surface area (Å²) in [5, 5.41) is 0. The van der Waals surface area contributed by atoms with E-state index >= 15 is 0 Å². The zero-order valence-electron chi connectivity index (χ0n) is 12.5. The molecule has 0 atom stereocenters. The summed E-state index contributed by atoms with van der Waals surface area (Å²) in [6, 6.07) is 6.63. The first-order valence-electron chi connectivity index (χ1n) is 7.87. The maximum atomic E-state index is 5.62. The molecule has 1 aromatic rings. The molecule has 2 heterocycles. The average molecular weight is 285 g/mol. The van der Waals surface area contributed by atoms with Gasteiger partial charge in [-0.1, -0.05) is 18.1 Å². The highest BCUT2D eigenvalue weighted by molar-refractivity contribution is 5.39. The summed E-state index contributed by atoms with van der Waals surface area (Å²) in [5.74, 6) is 3.62. The molecular weight excluding hydrogens is 262 g/mol. The van der Waals surface area contributed by atoms with E-state index in [0.717, 1.165) is 57.7 Å². The number of hydrogen-bond donors (Lipinski definition) is 0. The Morgan fingerprint density at radius 3 is 3.00 bits per heavy atom. The van der Waals surface area contributed by atoms with Crippen molar-refractivity contribution in [1.82, 2.24) is 4.90 Å². The number of nitrogens with zero attached hydrogens (tertiary/aromatic N) is 1. The molecule has 21 heavy (non-hydrogen) atoms. The van der Waals surface area contributed by atoms with Crippen LogP contribution in [0.4, 0.5) is 0 Å². The molecule has 0 N–H and O–H groups in total. The molecule has 0 spiro atoms. The van der Waals surface area contributed by atoms with E-state index in [-0.39, 0.29) is 0 Å². The first-order valence-corrected chi connectivity index (χ1v) is 7.87. The number of likely N-dealkylation sites (tertiary alicyclic amines) is 1. The van der Waals surface area contributed by atoms with Crippen LogP contribution in [0.5, 0.6) is 5.75 Å². The SMILES string of the molecule is C#CCOC1CCN(CCc2ccc3c(c2)CCO3)CC1. The Hall–Kier alpha value is -1.50. The van der Waals surface area contributed by atoms with Crippen LogP contribution in [0.1, 0.15) is 24.0 Å². The van der Waals surface area contributed by atoms with E-state index in [9.17, 15) is 0 Å². The molecule has 0 bridgehead atoms. The van der Waals surface area contributed by atoms with Crippen molar-refractivity contribution in [1.29, 1.82) is 0 Å². The van der Waals surface area contributed by atoms with Crippen LogP contribution in [-0.4, -0.2) is 43.9 Å². The highest BCUT2D eigenvalue weighted by atomic mass is 16.5. The lowest BCUT2D eigenvalue weighted by atomic mass is 10.0. The van der Waals surface area contributed by atoms with Crippen molar-refractivity contribution in [2.24, 2.45) is 0 Å². The summed E-state index contributed by atoms with van der Waals surface area (Å²) in [6.07, 6.45) is 9.95. The predicted octanol–water partition coefficient (Wildman–Crippen LogP) is 2.28. The lowest BCUT2D eigenvalue weighted by molar-refractivity contribution is 0.0249. The average Bonchev–Trinajstić information content (AvgIpc) is 2.99. The first-order chi connectivity index (χ1) is 10.3. The van der Waals surface area contributed by atoms with Gasteiger partial charge in [-0.2, -0.15) is 0 Å². The summed E-state index contributed by atoms with van der Waals surface area (Å²) in [5.41, 5.74) is 2.79. The number of piperidine rings is 1. The zero-order chi connectivity index (χ0) is 14.5. The van der Waals surface area contributed by atoms with Gasteiger partial charge >= 0.3 is 0 Å². The Kier molecular flexibility index (Phi) is 4.80. The van der Waals surface area contributed by atoms with Gasteiger partial charge in [0.25, 0.3) is 0 Å². The van der Waals surface area contributed by atoms with Crippen molar-refractivity contribution in [3.63, 3.8) is 0 Å². The Morgan fingerprint density at radius 1 is 1.33 bits per heavy atom. The molecule has 112 valence electrons. The maximum Gasteiger partial charge on any atom is 0.122 e. The number of rotatable bonds is 5. The fraction of sp³-hybridized carbons (Fsp3) is 0.556. The third-order valence-corrected chi connectivity index (χ3v) is 4.41. The normalized spacial score (nSPS) is 19.0. The van der Waals surface area contributed by atoms with Crippen molar-refractivity contribution >= 4 is 0 Å². The summed E-state index contributed by atoms with van der Waals surface area (Å²) in [7, 11) is 0. The standard InChI is InChI=1S/C18H23NO2/c1-2-12-20-17-6-10-19(11-7-17)9-5-15-3-4-18-16(14-15)8-13-21-18/h1,3-4,14,17H,5-13H2. The van der Waals surface area contributed by atoms with E-state index in [2.05, 4.69) is 29.0 Å². The molecule has 3 nitrogen and oxygen atoms in total. The second-order valence-electron chi connectivity index (χ2n) is 5.85. The number of fused-ring (bicyclic) bond motifs is 1. The topological polar surface area (TPSA) is 21.7 Å². The highest BCUT2D eigenvalue weighted by Crippen LogP contribution is 2.26. The van der Waals surface area contributed by atoms with Gasteiger partial charge in [-0.05, 0) is 36.5 Å². The minimum absolute atomic E-state index is 0.356. The van der Waals surface area contributed by atoms with Crippen molar-refractivity contribution < 1.29 is 9.47 Å². The van der Waals surface area contributed by atoms with Crippen molar-refractivity contribution in [3.8, 4) is 18.1 Å². The number of benzene rings is 1. The summed E-state index contributed by atoms with van der Waals surface area (Å²) >= 11 is 0. The van der Waals surface area contributed by atoms with E-state index in [1.54, 1.807) is 0 Å². The largest absolute Gasteiger partial charge is 0.493 e. The zero-order valence-corrected chi connectivity index (χ0v) is 12.5. The smallest absolute Gasteiger partial charge is 0.122 e. The molecule has 1 saturated heterocycles. The Labute approximate surface area is 127 Å². The predicted molar refractivity (Wildman–Crippen MR) is 83.6 cm³/mol. The maximum absolute atomic E-state index is 5.62. The molecule has 0 amide bonds. The first kappa shape index (κ1) is 14.4. The molecule has 2 aliphatic heterocycles. The summed E-state index contributed by atoms with van der Waals surface area (Å²) in [6.45, 7) is 4.64. The van der Waals surface area contributed by atoms with Gasteiger partial charge in [0, 0.05) is 26.1 Å². The van der Waals surface area contributed by atoms with E-state index in [1.165, 1.54) is 11.1 Å². The van der Waals surface area contributed by atoms with E-state index in [0.29, 0.717) is 12.7 Å². The van der Waals surface area contributed by atoms with Gasteiger partial charge in [0.1, 0.15) is 12.4 Å². The van der Waals surface area contributed by atoms with E-state index in [1.807, 2.05) is 0 Å². The van der Waals surface area contributed by atoms with Crippen molar-refractivity contribution in [2.45, 2.75) is 31.8 Å². The van der Waals surface area contributed by atoms with Gasteiger partial charge in [0.2, 0.25) is 0 Å². The van der Waals surface area contributed by atoms with Gasteiger partial charge in [-0.15, -0.1) is 6.42 Å². The van der Waals surface area contributed by atoms with Crippen LogP contribution in [-0.2, 0) is 17.6 Å². The van der Waals surface area contributed by atoms with Crippen LogP contribution in [0.3, 0.4) is 0 Å². The van der Waals surface area contributed by atoms with Gasteiger partial charge in [0.15, 0.2) is 0 Å². The molecule has 0 aromatic heterocycles. The molecule has 2 aliphatic rings. The van der Waals surface area contributed by atoms with Gasteiger partial charge in [-0.25, -0.2) is 0 Å². The van der Waals surface area contributed by atoms with E-state index in [4.69, 9.17) is 15.9 Å². The molecule has 3 rings (SSSR count). The van der Waals surface area contributed by atoms with Crippen LogP contribution in [0.2, 0.25) is 0 Å². The Balaban J connectivity index is 1.43. The molecule has 0 aliphatic carbocycles. The molecule has 1 fully saturated rings. The van der Waals surface area contributed by atoms with Gasteiger partial charge in [0.05, 0.1) is 12.7 Å². The third kappa shape index (κ3) is 3.78. The second-order valence-corrected chi connectivity index (χ2v) is 5.85. The number of terminal acetylenes is 1. The molecule has 1 aromatic carbocycles.